The van der Waals surface area contributed by atoms with E-state index in [9.17, 15) is 4.79 Å². The van der Waals surface area contributed by atoms with Crippen molar-refractivity contribution in [3.8, 4) is 0 Å². The van der Waals surface area contributed by atoms with Crippen molar-refractivity contribution in [3.05, 3.63) is 52.5 Å². The molecule has 3 rings (SSSR count). The van der Waals surface area contributed by atoms with Gasteiger partial charge in [0, 0.05) is 38.9 Å². The Balaban J connectivity index is 1.42. The number of hydrogen-bond acceptors (Lipinski definition) is 4. The summed E-state index contributed by atoms with van der Waals surface area (Å²) in [6.07, 6.45) is 1.74. The molecule has 116 valence electrons. The molecule has 2 amide bonds. The summed E-state index contributed by atoms with van der Waals surface area (Å²) in [6.45, 7) is 4.86. The summed E-state index contributed by atoms with van der Waals surface area (Å²) in [7, 11) is 0. The predicted molar refractivity (Wildman–Crippen MR) is 87.6 cm³/mol. The Bertz CT molecular complexity index is 579. The molecule has 1 N–H and O–H groups in total. The van der Waals surface area contributed by atoms with Crippen LogP contribution in [0.15, 0.2) is 41.2 Å². The van der Waals surface area contributed by atoms with Gasteiger partial charge in [0.05, 0.1) is 12.2 Å². The van der Waals surface area contributed by atoms with Crippen LogP contribution in [-0.2, 0) is 13.1 Å². The molecule has 22 heavy (non-hydrogen) atoms. The fraction of sp³-hybridized carbons (Fsp3) is 0.375. The molecule has 0 bridgehead atoms. The predicted octanol–water partition coefficient (Wildman–Crippen LogP) is 2.17. The summed E-state index contributed by atoms with van der Waals surface area (Å²) in [6, 6.07) is 7.88. The summed E-state index contributed by atoms with van der Waals surface area (Å²) < 4.78 is 0. The van der Waals surface area contributed by atoms with Gasteiger partial charge >= 0.3 is 6.03 Å². The van der Waals surface area contributed by atoms with Crippen molar-refractivity contribution in [2.75, 3.05) is 26.2 Å². The zero-order valence-corrected chi connectivity index (χ0v) is 13.3. The number of piperazine rings is 1. The molecular formula is C16H20N4OS. The highest BCUT2D eigenvalue weighted by atomic mass is 32.1. The van der Waals surface area contributed by atoms with E-state index >= 15 is 0 Å². The van der Waals surface area contributed by atoms with Crippen molar-refractivity contribution in [2.24, 2.45) is 0 Å². The van der Waals surface area contributed by atoms with Crippen molar-refractivity contribution in [1.82, 2.24) is 20.1 Å². The Morgan fingerprint density at radius 2 is 2.09 bits per heavy atom. The van der Waals surface area contributed by atoms with E-state index in [-0.39, 0.29) is 6.03 Å². The number of carbonyl (C=O) groups excluding carboxylic acids is 1. The maximum atomic E-state index is 12.2. The van der Waals surface area contributed by atoms with Crippen LogP contribution in [0.2, 0.25) is 0 Å². The van der Waals surface area contributed by atoms with Gasteiger partial charge in [0.1, 0.15) is 0 Å². The van der Waals surface area contributed by atoms with Crippen LogP contribution < -0.4 is 5.32 Å². The number of nitrogens with one attached hydrogen (secondary N) is 1. The molecule has 6 heteroatoms. The molecule has 2 aromatic heterocycles. The van der Waals surface area contributed by atoms with Crippen LogP contribution in [0.25, 0.3) is 0 Å². The normalized spacial score (nSPS) is 15.7. The number of aromatic nitrogens is 1. The molecule has 1 aliphatic rings. The SMILES string of the molecule is O=C(NCc1ccccn1)N1CCN(Cc2ccsc2)CC1. The summed E-state index contributed by atoms with van der Waals surface area (Å²) in [5.74, 6) is 0. The van der Waals surface area contributed by atoms with Crippen molar-refractivity contribution in [3.63, 3.8) is 0 Å². The topological polar surface area (TPSA) is 48.5 Å². The Labute approximate surface area is 134 Å². The first kappa shape index (κ1) is 15.0. The van der Waals surface area contributed by atoms with Gasteiger partial charge in [0.2, 0.25) is 0 Å². The first-order chi connectivity index (χ1) is 10.8. The number of rotatable bonds is 4. The van der Waals surface area contributed by atoms with Crippen LogP contribution >= 0.6 is 11.3 Å². The van der Waals surface area contributed by atoms with Gasteiger partial charge in [-0.2, -0.15) is 11.3 Å². The second-order valence-corrected chi connectivity index (χ2v) is 6.15. The first-order valence-corrected chi connectivity index (χ1v) is 8.41. The van der Waals surface area contributed by atoms with E-state index in [1.54, 1.807) is 17.5 Å². The highest BCUT2D eigenvalue weighted by molar-refractivity contribution is 7.07. The number of urea groups is 1. The average Bonchev–Trinajstić information content (AvgIpc) is 3.07. The monoisotopic (exact) mass is 316 g/mol. The molecule has 1 saturated heterocycles. The third kappa shape index (κ3) is 4.05. The molecule has 5 nitrogen and oxygen atoms in total. The van der Waals surface area contributed by atoms with E-state index in [1.807, 2.05) is 23.1 Å². The largest absolute Gasteiger partial charge is 0.332 e. The molecule has 3 heterocycles. The Hall–Kier alpha value is -1.92. The van der Waals surface area contributed by atoms with Crippen LogP contribution in [0.4, 0.5) is 4.79 Å². The molecule has 0 atom stereocenters. The van der Waals surface area contributed by atoms with E-state index in [1.165, 1.54) is 5.56 Å². The van der Waals surface area contributed by atoms with E-state index in [0.29, 0.717) is 6.54 Å². The number of nitrogens with zero attached hydrogens (tertiary/aromatic N) is 3. The minimum Gasteiger partial charge on any atom is -0.332 e. The van der Waals surface area contributed by atoms with Crippen molar-refractivity contribution in [1.29, 1.82) is 0 Å². The lowest BCUT2D eigenvalue weighted by Crippen LogP contribution is -2.51. The molecule has 2 aromatic rings. The average molecular weight is 316 g/mol. The Kier molecular flexibility index (Phi) is 5.03. The fourth-order valence-electron chi connectivity index (χ4n) is 2.53. The van der Waals surface area contributed by atoms with Gasteiger partial charge in [0.15, 0.2) is 0 Å². The number of carbonyl (C=O) groups is 1. The lowest BCUT2D eigenvalue weighted by Gasteiger charge is -2.34. The molecule has 0 saturated carbocycles. The maximum Gasteiger partial charge on any atom is 0.317 e. The third-order valence-electron chi connectivity index (χ3n) is 3.79. The summed E-state index contributed by atoms with van der Waals surface area (Å²) in [5, 5.41) is 7.23. The molecule has 0 aromatic carbocycles. The quantitative estimate of drug-likeness (QED) is 0.940. The highest BCUT2D eigenvalue weighted by Gasteiger charge is 2.20. The molecule has 1 fully saturated rings. The number of amides is 2. The minimum atomic E-state index is 0.000774. The Morgan fingerprint density at radius 1 is 1.23 bits per heavy atom. The highest BCUT2D eigenvalue weighted by Crippen LogP contribution is 2.11. The zero-order valence-electron chi connectivity index (χ0n) is 12.4. The van der Waals surface area contributed by atoms with Gasteiger partial charge < -0.3 is 10.2 Å². The van der Waals surface area contributed by atoms with Gasteiger partial charge in [-0.05, 0) is 34.5 Å². The third-order valence-corrected chi connectivity index (χ3v) is 4.52. The second-order valence-electron chi connectivity index (χ2n) is 5.37. The molecule has 1 aliphatic heterocycles. The fourth-order valence-corrected chi connectivity index (χ4v) is 3.19. The van der Waals surface area contributed by atoms with Crippen molar-refractivity contribution in [2.45, 2.75) is 13.1 Å². The Morgan fingerprint density at radius 3 is 2.77 bits per heavy atom. The van der Waals surface area contributed by atoms with Gasteiger partial charge in [0.25, 0.3) is 0 Å². The number of pyridine rings is 1. The second kappa shape index (κ2) is 7.38. The minimum absolute atomic E-state index is 0.000774. The van der Waals surface area contributed by atoms with Crippen LogP contribution in [0.3, 0.4) is 0 Å². The van der Waals surface area contributed by atoms with Gasteiger partial charge in [-0.15, -0.1) is 0 Å². The lowest BCUT2D eigenvalue weighted by molar-refractivity contribution is 0.135. The van der Waals surface area contributed by atoms with E-state index in [2.05, 4.69) is 32.0 Å². The number of thiophene rings is 1. The van der Waals surface area contributed by atoms with Crippen LogP contribution in [0, 0.1) is 0 Å². The smallest absolute Gasteiger partial charge is 0.317 e. The van der Waals surface area contributed by atoms with Gasteiger partial charge in [-0.25, -0.2) is 4.79 Å². The molecule has 0 spiro atoms. The summed E-state index contributed by atoms with van der Waals surface area (Å²) in [4.78, 5) is 20.6. The molecular weight excluding hydrogens is 296 g/mol. The number of hydrogen-bond donors (Lipinski definition) is 1. The standard InChI is InChI=1S/C16H20N4OS/c21-16(18-11-15-3-1-2-5-17-15)20-8-6-19(7-9-20)12-14-4-10-22-13-14/h1-5,10,13H,6-9,11-12H2,(H,18,21). The zero-order chi connectivity index (χ0) is 15.2. The summed E-state index contributed by atoms with van der Waals surface area (Å²) in [5.41, 5.74) is 2.24. The summed E-state index contributed by atoms with van der Waals surface area (Å²) >= 11 is 1.73. The van der Waals surface area contributed by atoms with E-state index in [0.717, 1.165) is 38.4 Å². The van der Waals surface area contributed by atoms with Crippen molar-refractivity contribution >= 4 is 17.4 Å². The van der Waals surface area contributed by atoms with Crippen LogP contribution in [0.1, 0.15) is 11.3 Å². The van der Waals surface area contributed by atoms with Gasteiger partial charge in [-0.3, -0.25) is 9.88 Å². The molecule has 0 radical (unpaired) electrons. The molecule has 0 aliphatic carbocycles. The molecule has 0 unspecified atom stereocenters. The van der Waals surface area contributed by atoms with Crippen LogP contribution in [-0.4, -0.2) is 47.0 Å². The van der Waals surface area contributed by atoms with Crippen LogP contribution in [0.5, 0.6) is 0 Å². The van der Waals surface area contributed by atoms with E-state index < -0.39 is 0 Å². The van der Waals surface area contributed by atoms with Gasteiger partial charge in [-0.1, -0.05) is 6.07 Å². The van der Waals surface area contributed by atoms with Crippen molar-refractivity contribution < 1.29 is 4.79 Å². The lowest BCUT2D eigenvalue weighted by atomic mass is 10.2. The first-order valence-electron chi connectivity index (χ1n) is 7.47. The van der Waals surface area contributed by atoms with E-state index in [4.69, 9.17) is 0 Å². The maximum absolute atomic E-state index is 12.2.